The fourth-order valence-electron chi connectivity index (χ4n) is 4.16. The van der Waals surface area contributed by atoms with Gasteiger partial charge in [0.15, 0.2) is 0 Å². The average Bonchev–Trinajstić information content (AvgIpc) is 3.14. The summed E-state index contributed by atoms with van der Waals surface area (Å²) in [6, 6.07) is 16.9. The molecule has 0 saturated heterocycles. The molecule has 34 heavy (non-hydrogen) atoms. The number of carbonyl (C=O) groups excluding carboxylic acids is 1. The molecule has 1 heterocycles. The monoisotopic (exact) mass is 483 g/mol. The average molecular weight is 484 g/mol. The second-order valence-electron chi connectivity index (χ2n) is 7.95. The minimum absolute atomic E-state index is 0.0398. The van der Waals surface area contributed by atoms with E-state index in [0.29, 0.717) is 0 Å². The van der Waals surface area contributed by atoms with E-state index in [-0.39, 0.29) is 35.5 Å². The number of amides is 1. The van der Waals surface area contributed by atoms with E-state index >= 15 is 0 Å². The number of aliphatic hydroxyl groups is 2. The molecular weight excluding hydrogens is 462 g/mol. The van der Waals surface area contributed by atoms with Gasteiger partial charge in [-0.1, -0.05) is 60.1 Å². The van der Waals surface area contributed by atoms with E-state index in [1.165, 1.54) is 6.92 Å². The molecule has 0 fully saturated rings. The molecule has 4 rings (SSSR count). The lowest BCUT2D eigenvalue weighted by Gasteiger charge is -2.20. The van der Waals surface area contributed by atoms with Crippen LogP contribution in [-0.4, -0.2) is 45.5 Å². The summed E-state index contributed by atoms with van der Waals surface area (Å²) < 4.78 is 5.40. The first-order chi connectivity index (χ1) is 16.3. The lowest BCUT2D eigenvalue weighted by atomic mass is 9.98. The van der Waals surface area contributed by atoms with Crippen LogP contribution in [0.15, 0.2) is 54.6 Å². The standard InChI is InChI=1S/C24H22ClN3O6/c1-13-18(10-20(28(32)33)23(25)27-13)22(30)21(29)11-26-24(31)34-12-19-16-8-4-2-6-14(16)15-7-3-5-9-17(15)19/h2-10,19,21-22,29-30H,11-12H2,1H3,(H,26,31). The fourth-order valence-corrected chi connectivity index (χ4v) is 4.41. The Hall–Kier alpha value is -3.53. The van der Waals surface area contributed by atoms with Gasteiger partial charge >= 0.3 is 11.8 Å². The van der Waals surface area contributed by atoms with Gasteiger partial charge in [0.1, 0.15) is 18.8 Å². The third-order valence-corrected chi connectivity index (χ3v) is 6.14. The molecule has 0 spiro atoms. The Morgan fingerprint density at radius 3 is 2.35 bits per heavy atom. The molecule has 176 valence electrons. The zero-order chi connectivity index (χ0) is 24.4. The summed E-state index contributed by atoms with van der Waals surface area (Å²) in [5.41, 5.74) is 4.12. The molecule has 0 radical (unpaired) electrons. The van der Waals surface area contributed by atoms with Gasteiger partial charge in [-0.3, -0.25) is 10.1 Å². The van der Waals surface area contributed by atoms with Crippen LogP contribution in [0.25, 0.3) is 11.1 Å². The molecule has 1 aliphatic carbocycles. The van der Waals surface area contributed by atoms with Crippen LogP contribution in [0, 0.1) is 17.0 Å². The van der Waals surface area contributed by atoms with Crippen LogP contribution in [0.3, 0.4) is 0 Å². The summed E-state index contributed by atoms with van der Waals surface area (Å²) in [5, 5.41) is 34.0. The van der Waals surface area contributed by atoms with Gasteiger partial charge in [-0.2, -0.15) is 0 Å². The number of alkyl carbamates (subject to hydrolysis) is 1. The maximum Gasteiger partial charge on any atom is 0.407 e. The van der Waals surface area contributed by atoms with Crippen LogP contribution in [0.4, 0.5) is 10.5 Å². The van der Waals surface area contributed by atoms with Crippen molar-refractivity contribution in [3.8, 4) is 11.1 Å². The van der Waals surface area contributed by atoms with E-state index in [0.717, 1.165) is 28.3 Å². The first-order valence-corrected chi connectivity index (χ1v) is 10.9. The number of pyridine rings is 1. The molecule has 10 heteroatoms. The van der Waals surface area contributed by atoms with Crippen molar-refractivity contribution in [1.29, 1.82) is 0 Å². The number of aryl methyl sites for hydroxylation is 1. The Kier molecular flexibility index (Phi) is 6.78. The Balaban J connectivity index is 1.37. The maximum absolute atomic E-state index is 12.3. The summed E-state index contributed by atoms with van der Waals surface area (Å²) >= 11 is 5.76. The molecule has 2 aromatic carbocycles. The number of benzene rings is 2. The normalized spacial score (nSPS) is 14.1. The second-order valence-corrected chi connectivity index (χ2v) is 8.31. The van der Waals surface area contributed by atoms with Crippen molar-refractivity contribution < 1.29 is 24.7 Å². The number of nitro groups is 1. The smallest absolute Gasteiger partial charge is 0.407 e. The first kappa shape index (κ1) is 23.6. The molecule has 3 aromatic rings. The number of hydrogen-bond acceptors (Lipinski definition) is 7. The third-order valence-electron chi connectivity index (χ3n) is 5.87. The number of aliphatic hydroxyl groups excluding tert-OH is 2. The predicted octanol–water partition coefficient (Wildman–Crippen LogP) is 3.88. The number of aromatic nitrogens is 1. The number of rotatable bonds is 7. The summed E-state index contributed by atoms with van der Waals surface area (Å²) in [6.45, 7) is 1.26. The molecule has 3 N–H and O–H groups in total. The quantitative estimate of drug-likeness (QED) is 0.263. The van der Waals surface area contributed by atoms with Gasteiger partial charge in [-0.25, -0.2) is 9.78 Å². The highest BCUT2D eigenvalue weighted by atomic mass is 35.5. The van der Waals surface area contributed by atoms with E-state index in [2.05, 4.69) is 10.3 Å². The van der Waals surface area contributed by atoms with E-state index < -0.39 is 28.9 Å². The predicted molar refractivity (Wildman–Crippen MR) is 125 cm³/mol. The van der Waals surface area contributed by atoms with E-state index in [4.69, 9.17) is 16.3 Å². The van der Waals surface area contributed by atoms with Gasteiger partial charge in [-0.05, 0) is 29.2 Å². The first-order valence-electron chi connectivity index (χ1n) is 10.5. The fraction of sp³-hybridized carbons (Fsp3) is 0.250. The van der Waals surface area contributed by atoms with Crippen molar-refractivity contribution in [2.24, 2.45) is 0 Å². The van der Waals surface area contributed by atoms with E-state index in [1.54, 1.807) is 0 Å². The van der Waals surface area contributed by atoms with Gasteiger partial charge in [-0.15, -0.1) is 0 Å². The molecule has 0 aliphatic heterocycles. The number of carbonyl (C=O) groups is 1. The number of halogens is 1. The number of fused-ring (bicyclic) bond motifs is 3. The van der Waals surface area contributed by atoms with Gasteiger partial charge in [0.25, 0.3) is 0 Å². The van der Waals surface area contributed by atoms with Crippen LogP contribution in [0.1, 0.15) is 34.4 Å². The number of hydrogen-bond donors (Lipinski definition) is 3. The summed E-state index contributed by atoms with van der Waals surface area (Å²) in [4.78, 5) is 26.5. The van der Waals surface area contributed by atoms with Gasteiger partial charge in [0.2, 0.25) is 5.15 Å². The molecule has 1 aromatic heterocycles. The Morgan fingerprint density at radius 1 is 1.18 bits per heavy atom. The third kappa shape index (κ3) is 4.58. The number of nitrogens with zero attached hydrogens (tertiary/aromatic N) is 2. The molecule has 1 aliphatic rings. The molecule has 9 nitrogen and oxygen atoms in total. The van der Waals surface area contributed by atoms with Crippen molar-refractivity contribution in [3.63, 3.8) is 0 Å². The van der Waals surface area contributed by atoms with Crippen molar-refractivity contribution in [2.45, 2.75) is 25.0 Å². The van der Waals surface area contributed by atoms with Crippen molar-refractivity contribution >= 4 is 23.4 Å². The van der Waals surface area contributed by atoms with Gasteiger partial charge in [0, 0.05) is 29.8 Å². The van der Waals surface area contributed by atoms with Crippen LogP contribution in [-0.2, 0) is 4.74 Å². The van der Waals surface area contributed by atoms with Crippen LogP contribution < -0.4 is 5.32 Å². The lowest BCUT2D eigenvalue weighted by molar-refractivity contribution is -0.385. The minimum Gasteiger partial charge on any atom is -0.449 e. The van der Waals surface area contributed by atoms with Gasteiger partial charge in [0.05, 0.1) is 4.92 Å². The molecule has 1 amide bonds. The minimum atomic E-state index is -1.53. The van der Waals surface area contributed by atoms with Crippen molar-refractivity contribution in [2.75, 3.05) is 13.2 Å². The van der Waals surface area contributed by atoms with Crippen LogP contribution in [0.2, 0.25) is 5.15 Å². The Morgan fingerprint density at radius 2 is 1.76 bits per heavy atom. The number of nitrogens with one attached hydrogen (secondary N) is 1. The zero-order valence-electron chi connectivity index (χ0n) is 18.1. The topological polar surface area (TPSA) is 135 Å². The molecular formula is C24H22ClN3O6. The Bertz CT molecular complexity index is 1210. The lowest BCUT2D eigenvalue weighted by Crippen LogP contribution is -2.36. The number of ether oxygens (including phenoxy) is 1. The zero-order valence-corrected chi connectivity index (χ0v) is 18.9. The summed E-state index contributed by atoms with van der Waals surface area (Å²) in [6.07, 6.45) is -3.75. The molecule has 0 bridgehead atoms. The Labute approximate surface area is 200 Å². The molecule has 2 atom stereocenters. The largest absolute Gasteiger partial charge is 0.449 e. The molecule has 2 unspecified atom stereocenters. The van der Waals surface area contributed by atoms with Crippen molar-refractivity contribution in [1.82, 2.24) is 10.3 Å². The summed E-state index contributed by atoms with van der Waals surface area (Å²) in [5.74, 6) is -0.114. The SMILES string of the molecule is Cc1nc(Cl)c([N+](=O)[O-])cc1C(O)C(O)CNC(=O)OCC1c2ccccc2-c2ccccc21. The highest BCUT2D eigenvalue weighted by Crippen LogP contribution is 2.44. The van der Waals surface area contributed by atoms with E-state index in [9.17, 15) is 25.1 Å². The van der Waals surface area contributed by atoms with Crippen LogP contribution in [0.5, 0.6) is 0 Å². The second kappa shape index (κ2) is 9.76. The van der Waals surface area contributed by atoms with Crippen molar-refractivity contribution in [3.05, 3.63) is 92.2 Å². The summed E-state index contributed by atoms with van der Waals surface area (Å²) in [7, 11) is 0. The molecule has 0 saturated carbocycles. The maximum atomic E-state index is 12.3. The van der Waals surface area contributed by atoms with Gasteiger partial charge < -0.3 is 20.3 Å². The highest BCUT2D eigenvalue weighted by Gasteiger charge is 2.30. The van der Waals surface area contributed by atoms with E-state index in [1.807, 2.05) is 48.5 Å². The highest BCUT2D eigenvalue weighted by molar-refractivity contribution is 6.31. The van der Waals surface area contributed by atoms with Crippen LogP contribution >= 0.6 is 11.6 Å².